The summed E-state index contributed by atoms with van der Waals surface area (Å²) in [5.41, 5.74) is 7.28. The molecule has 0 aliphatic carbocycles. The quantitative estimate of drug-likeness (QED) is 0.428. The van der Waals surface area contributed by atoms with Crippen molar-refractivity contribution in [1.29, 1.82) is 0 Å². The van der Waals surface area contributed by atoms with E-state index in [0.717, 1.165) is 11.1 Å². The maximum absolute atomic E-state index is 13.5. The van der Waals surface area contributed by atoms with E-state index in [-0.39, 0.29) is 24.9 Å². The number of nitrogens with two attached hydrogens (primary N) is 1. The molecule has 1 aliphatic rings. The Labute approximate surface area is 218 Å². The zero-order chi connectivity index (χ0) is 26.8. The van der Waals surface area contributed by atoms with Crippen LogP contribution in [0.5, 0.6) is 0 Å². The Morgan fingerprint density at radius 3 is 2.22 bits per heavy atom. The largest absolute Gasteiger partial charge is 0.461 e. The summed E-state index contributed by atoms with van der Waals surface area (Å²) in [6, 6.07) is 17.3. The van der Waals surface area contributed by atoms with Crippen LogP contribution in [0.1, 0.15) is 50.7 Å². The summed E-state index contributed by atoms with van der Waals surface area (Å²) in [7, 11) is 0. The van der Waals surface area contributed by atoms with Crippen LogP contribution >= 0.6 is 0 Å². The standard InChI is InChI=1S/C29H37N3O5/c1-20(2)16-24(29(36)32-15-9-14-25(32)27(30)34)31-28(35)23(17-21-10-5-3-6-11-21)18-26(33)37-19-22-12-7-4-8-13-22/h3-8,10-13,20,23-25H,9,14-19H2,1-2H3,(H2,30,34)(H,31,35)/t23-,24+,25+/m1/s1. The fraction of sp³-hybridized carbons (Fsp3) is 0.448. The van der Waals surface area contributed by atoms with Gasteiger partial charge in [-0.2, -0.15) is 0 Å². The first-order chi connectivity index (χ1) is 17.7. The summed E-state index contributed by atoms with van der Waals surface area (Å²) >= 11 is 0. The molecule has 3 atom stereocenters. The van der Waals surface area contributed by atoms with Gasteiger partial charge in [-0.25, -0.2) is 0 Å². The molecule has 1 heterocycles. The minimum absolute atomic E-state index is 0.118. The number of nitrogens with zero attached hydrogens (tertiary/aromatic N) is 1. The van der Waals surface area contributed by atoms with Crippen LogP contribution in [0.2, 0.25) is 0 Å². The van der Waals surface area contributed by atoms with E-state index in [0.29, 0.717) is 32.2 Å². The lowest BCUT2D eigenvalue weighted by Crippen LogP contribution is -2.54. The zero-order valence-corrected chi connectivity index (χ0v) is 21.6. The first-order valence-corrected chi connectivity index (χ1v) is 12.9. The smallest absolute Gasteiger partial charge is 0.306 e. The molecule has 0 spiro atoms. The molecule has 0 aromatic heterocycles. The van der Waals surface area contributed by atoms with Gasteiger partial charge in [-0.15, -0.1) is 0 Å². The van der Waals surface area contributed by atoms with Gasteiger partial charge in [0.15, 0.2) is 0 Å². The second-order valence-corrected chi connectivity index (χ2v) is 10.0. The second kappa shape index (κ2) is 13.6. The number of amides is 3. The van der Waals surface area contributed by atoms with E-state index >= 15 is 0 Å². The Morgan fingerprint density at radius 1 is 1.00 bits per heavy atom. The number of likely N-dealkylation sites (tertiary alicyclic amines) is 1. The summed E-state index contributed by atoms with van der Waals surface area (Å²) in [6.45, 7) is 4.47. The second-order valence-electron chi connectivity index (χ2n) is 10.0. The molecule has 198 valence electrons. The van der Waals surface area contributed by atoms with E-state index in [4.69, 9.17) is 10.5 Å². The normalized spacial score (nSPS) is 16.7. The fourth-order valence-electron chi connectivity index (χ4n) is 4.66. The Hall–Kier alpha value is -3.68. The van der Waals surface area contributed by atoms with Crippen LogP contribution in [0.4, 0.5) is 0 Å². The number of esters is 1. The van der Waals surface area contributed by atoms with E-state index in [1.807, 2.05) is 74.5 Å². The van der Waals surface area contributed by atoms with Crippen molar-refractivity contribution in [3.05, 3.63) is 71.8 Å². The van der Waals surface area contributed by atoms with Gasteiger partial charge in [-0.3, -0.25) is 19.2 Å². The van der Waals surface area contributed by atoms with Crippen LogP contribution in [-0.4, -0.2) is 47.2 Å². The van der Waals surface area contributed by atoms with E-state index in [2.05, 4.69) is 5.32 Å². The van der Waals surface area contributed by atoms with Crippen molar-refractivity contribution >= 4 is 23.7 Å². The third-order valence-corrected chi connectivity index (χ3v) is 6.54. The van der Waals surface area contributed by atoms with E-state index in [1.165, 1.54) is 4.90 Å². The van der Waals surface area contributed by atoms with Gasteiger partial charge < -0.3 is 20.7 Å². The molecule has 1 saturated heterocycles. The lowest BCUT2D eigenvalue weighted by Gasteiger charge is -2.29. The van der Waals surface area contributed by atoms with Gasteiger partial charge >= 0.3 is 5.97 Å². The van der Waals surface area contributed by atoms with Gasteiger partial charge in [0.25, 0.3) is 0 Å². The lowest BCUT2D eigenvalue weighted by molar-refractivity contribution is -0.148. The highest BCUT2D eigenvalue weighted by molar-refractivity contribution is 5.93. The van der Waals surface area contributed by atoms with Gasteiger partial charge in [0, 0.05) is 6.54 Å². The molecule has 8 heteroatoms. The van der Waals surface area contributed by atoms with E-state index in [1.54, 1.807) is 0 Å². The highest BCUT2D eigenvalue weighted by Crippen LogP contribution is 2.21. The van der Waals surface area contributed by atoms with Crippen LogP contribution in [0.3, 0.4) is 0 Å². The summed E-state index contributed by atoms with van der Waals surface area (Å²) < 4.78 is 5.44. The number of hydrogen-bond acceptors (Lipinski definition) is 5. The van der Waals surface area contributed by atoms with E-state index < -0.39 is 35.8 Å². The molecule has 0 radical (unpaired) electrons. The van der Waals surface area contributed by atoms with Crippen molar-refractivity contribution < 1.29 is 23.9 Å². The maximum Gasteiger partial charge on any atom is 0.306 e. The van der Waals surface area contributed by atoms with Crippen LogP contribution < -0.4 is 11.1 Å². The van der Waals surface area contributed by atoms with Gasteiger partial charge in [-0.1, -0.05) is 74.5 Å². The molecular formula is C29H37N3O5. The molecule has 0 unspecified atom stereocenters. The monoisotopic (exact) mass is 507 g/mol. The molecule has 37 heavy (non-hydrogen) atoms. The summed E-state index contributed by atoms with van der Waals surface area (Å²) in [6.07, 6.45) is 1.81. The highest BCUT2D eigenvalue weighted by Gasteiger charge is 2.37. The Balaban J connectivity index is 1.73. The van der Waals surface area contributed by atoms with Crippen LogP contribution in [0.25, 0.3) is 0 Å². The summed E-state index contributed by atoms with van der Waals surface area (Å²) in [5, 5.41) is 2.89. The zero-order valence-electron chi connectivity index (χ0n) is 21.6. The number of carbonyl (C=O) groups is 4. The van der Waals surface area contributed by atoms with Crippen molar-refractivity contribution in [2.75, 3.05) is 6.54 Å². The third-order valence-electron chi connectivity index (χ3n) is 6.54. The van der Waals surface area contributed by atoms with Crippen LogP contribution in [0.15, 0.2) is 60.7 Å². The predicted octanol–water partition coefficient (Wildman–Crippen LogP) is 2.99. The van der Waals surface area contributed by atoms with Gasteiger partial charge in [0.2, 0.25) is 17.7 Å². The van der Waals surface area contributed by atoms with Crippen molar-refractivity contribution in [3.8, 4) is 0 Å². The Morgan fingerprint density at radius 2 is 1.62 bits per heavy atom. The molecule has 3 amide bonds. The van der Waals surface area contributed by atoms with Crippen LogP contribution in [-0.2, 0) is 36.9 Å². The molecule has 0 saturated carbocycles. The number of hydrogen-bond donors (Lipinski definition) is 2. The third kappa shape index (κ3) is 8.44. The molecule has 3 N–H and O–H groups in total. The molecule has 8 nitrogen and oxygen atoms in total. The molecule has 3 rings (SSSR count). The van der Waals surface area contributed by atoms with Gasteiger partial charge in [0.1, 0.15) is 18.7 Å². The Bertz CT molecular complexity index is 1060. The molecule has 2 aromatic carbocycles. The highest BCUT2D eigenvalue weighted by atomic mass is 16.5. The average molecular weight is 508 g/mol. The minimum Gasteiger partial charge on any atom is -0.461 e. The average Bonchev–Trinajstić information content (AvgIpc) is 3.38. The van der Waals surface area contributed by atoms with Gasteiger partial charge in [-0.05, 0) is 42.7 Å². The van der Waals surface area contributed by atoms with Gasteiger partial charge in [0.05, 0.1) is 12.3 Å². The molecule has 0 bridgehead atoms. The number of benzene rings is 2. The maximum atomic E-state index is 13.5. The topological polar surface area (TPSA) is 119 Å². The molecule has 1 aliphatic heterocycles. The first-order valence-electron chi connectivity index (χ1n) is 12.9. The summed E-state index contributed by atoms with van der Waals surface area (Å²) in [4.78, 5) is 53.0. The first kappa shape index (κ1) is 27.9. The molecule has 2 aromatic rings. The predicted molar refractivity (Wildman–Crippen MR) is 140 cm³/mol. The number of rotatable bonds is 12. The fourth-order valence-corrected chi connectivity index (χ4v) is 4.66. The number of primary amides is 1. The number of carbonyl (C=O) groups excluding carboxylic acids is 4. The van der Waals surface area contributed by atoms with Crippen molar-refractivity contribution in [2.24, 2.45) is 17.6 Å². The van der Waals surface area contributed by atoms with Crippen molar-refractivity contribution in [1.82, 2.24) is 10.2 Å². The SMILES string of the molecule is CC(C)C[C@H](NC(=O)[C@@H](CC(=O)OCc1ccccc1)Cc1ccccc1)C(=O)N1CCC[C@H]1C(N)=O. The van der Waals surface area contributed by atoms with Crippen molar-refractivity contribution in [3.63, 3.8) is 0 Å². The summed E-state index contributed by atoms with van der Waals surface area (Å²) in [5.74, 6) is -2.34. The number of ether oxygens (including phenoxy) is 1. The van der Waals surface area contributed by atoms with Crippen LogP contribution in [0, 0.1) is 11.8 Å². The minimum atomic E-state index is -0.814. The van der Waals surface area contributed by atoms with E-state index in [9.17, 15) is 19.2 Å². The molecule has 1 fully saturated rings. The lowest BCUT2D eigenvalue weighted by atomic mass is 9.94. The Kier molecular flexibility index (Phi) is 10.2. The number of nitrogens with one attached hydrogen (secondary N) is 1. The van der Waals surface area contributed by atoms with Crippen molar-refractivity contribution in [2.45, 2.75) is 64.6 Å². The molecular weight excluding hydrogens is 470 g/mol.